The first kappa shape index (κ1) is 12.6. The van der Waals surface area contributed by atoms with Crippen LogP contribution in [0.4, 0.5) is 0 Å². The predicted octanol–water partition coefficient (Wildman–Crippen LogP) is 4.28. The third-order valence-electron chi connectivity index (χ3n) is 2.69. The Labute approximate surface area is 110 Å². The number of nitrogens with zero attached hydrogens (tertiary/aromatic N) is 1. The van der Waals surface area contributed by atoms with Gasteiger partial charge in [0.2, 0.25) is 0 Å². The van der Waals surface area contributed by atoms with Crippen molar-refractivity contribution in [1.82, 2.24) is 0 Å². The average molecular weight is 262 g/mol. The summed E-state index contributed by atoms with van der Waals surface area (Å²) in [5, 5.41) is 3.60. The van der Waals surface area contributed by atoms with Crippen LogP contribution in [0.15, 0.2) is 47.6 Å². The fourth-order valence-electron chi connectivity index (χ4n) is 1.88. The molecule has 0 spiro atoms. The van der Waals surface area contributed by atoms with E-state index in [9.17, 15) is 4.91 Å². The van der Waals surface area contributed by atoms with Crippen LogP contribution in [0.25, 0.3) is 11.1 Å². The van der Waals surface area contributed by atoms with Gasteiger partial charge in [0.05, 0.1) is 7.11 Å². The molecule has 18 heavy (non-hydrogen) atoms. The van der Waals surface area contributed by atoms with Gasteiger partial charge in [0.1, 0.15) is 12.3 Å². The first-order valence-corrected chi connectivity index (χ1v) is 5.85. The fourth-order valence-corrected chi connectivity index (χ4v) is 2.00. The molecule has 0 radical (unpaired) electrons. The lowest BCUT2D eigenvalue weighted by atomic mass is 10.0. The van der Waals surface area contributed by atoms with E-state index >= 15 is 0 Å². The van der Waals surface area contributed by atoms with Crippen LogP contribution >= 0.6 is 11.6 Å². The predicted molar refractivity (Wildman–Crippen MR) is 72.9 cm³/mol. The zero-order valence-electron chi connectivity index (χ0n) is 9.89. The minimum absolute atomic E-state index is 0.102. The average Bonchev–Trinajstić information content (AvgIpc) is 2.40. The molecule has 0 fully saturated rings. The van der Waals surface area contributed by atoms with Crippen molar-refractivity contribution < 1.29 is 4.74 Å². The van der Waals surface area contributed by atoms with Crippen molar-refractivity contribution in [3.8, 4) is 16.9 Å². The van der Waals surface area contributed by atoms with E-state index in [0.29, 0.717) is 10.8 Å². The van der Waals surface area contributed by atoms with Gasteiger partial charge in [-0.3, -0.25) is 0 Å². The largest absolute Gasteiger partial charge is 0.496 e. The van der Waals surface area contributed by atoms with Crippen LogP contribution in [0.3, 0.4) is 0 Å². The Morgan fingerprint density at radius 2 is 1.89 bits per heavy atom. The molecule has 3 nitrogen and oxygen atoms in total. The van der Waals surface area contributed by atoms with Gasteiger partial charge in [-0.15, -0.1) is 0 Å². The standard InChI is InChI=1S/C14H12ClNO2/c1-18-14-11(9-16-17)3-2-4-13(14)10-5-7-12(15)8-6-10/h2-8H,9H2,1H3. The normalized spacial score (nSPS) is 10.1. The van der Waals surface area contributed by atoms with E-state index in [1.807, 2.05) is 42.5 Å². The van der Waals surface area contributed by atoms with E-state index < -0.39 is 0 Å². The molecular formula is C14H12ClNO2. The third-order valence-corrected chi connectivity index (χ3v) is 2.94. The van der Waals surface area contributed by atoms with E-state index in [1.165, 1.54) is 0 Å². The van der Waals surface area contributed by atoms with Crippen LogP contribution in [-0.4, -0.2) is 7.11 Å². The van der Waals surface area contributed by atoms with Crippen molar-refractivity contribution in [3.05, 3.63) is 58.0 Å². The highest BCUT2D eigenvalue weighted by molar-refractivity contribution is 6.30. The van der Waals surface area contributed by atoms with Crippen LogP contribution in [-0.2, 0) is 6.54 Å². The Morgan fingerprint density at radius 1 is 1.17 bits per heavy atom. The molecule has 0 aromatic heterocycles. The molecule has 0 unspecified atom stereocenters. The van der Waals surface area contributed by atoms with Crippen LogP contribution in [0.2, 0.25) is 5.02 Å². The van der Waals surface area contributed by atoms with Gasteiger partial charge in [-0.2, -0.15) is 4.91 Å². The van der Waals surface area contributed by atoms with Crippen LogP contribution < -0.4 is 4.74 Å². The summed E-state index contributed by atoms with van der Waals surface area (Å²) in [6, 6.07) is 13.1. The summed E-state index contributed by atoms with van der Waals surface area (Å²) in [6.07, 6.45) is 0. The van der Waals surface area contributed by atoms with Crippen molar-refractivity contribution in [2.75, 3.05) is 7.11 Å². The number of para-hydroxylation sites is 1. The Balaban J connectivity index is 2.52. The highest BCUT2D eigenvalue weighted by Gasteiger charge is 2.10. The van der Waals surface area contributed by atoms with Gasteiger partial charge < -0.3 is 4.74 Å². The van der Waals surface area contributed by atoms with Crippen LogP contribution in [0.5, 0.6) is 5.75 Å². The minimum Gasteiger partial charge on any atom is -0.496 e. The lowest BCUT2D eigenvalue weighted by Crippen LogP contribution is -1.93. The Kier molecular flexibility index (Phi) is 3.95. The van der Waals surface area contributed by atoms with E-state index in [2.05, 4.69) is 5.18 Å². The van der Waals surface area contributed by atoms with Gasteiger partial charge in [0.15, 0.2) is 0 Å². The number of rotatable bonds is 4. The maximum atomic E-state index is 10.4. The first-order chi connectivity index (χ1) is 8.76. The Morgan fingerprint density at radius 3 is 2.50 bits per heavy atom. The van der Waals surface area contributed by atoms with Gasteiger partial charge in [-0.25, -0.2) is 0 Å². The number of halogens is 1. The SMILES string of the molecule is COc1c(CN=O)cccc1-c1ccc(Cl)cc1. The molecule has 0 aliphatic heterocycles. The fraction of sp³-hybridized carbons (Fsp3) is 0.143. The number of nitroso groups, excluding NO2 is 1. The van der Waals surface area contributed by atoms with Crippen LogP contribution in [0, 0.1) is 4.91 Å². The first-order valence-electron chi connectivity index (χ1n) is 5.47. The van der Waals surface area contributed by atoms with Gasteiger partial charge in [-0.05, 0) is 17.7 Å². The second-order valence-electron chi connectivity index (χ2n) is 3.79. The quantitative estimate of drug-likeness (QED) is 0.771. The highest BCUT2D eigenvalue weighted by atomic mass is 35.5. The minimum atomic E-state index is 0.102. The van der Waals surface area contributed by atoms with Crippen molar-refractivity contribution in [2.45, 2.75) is 6.54 Å². The smallest absolute Gasteiger partial charge is 0.131 e. The monoisotopic (exact) mass is 261 g/mol. The highest BCUT2D eigenvalue weighted by Crippen LogP contribution is 2.33. The number of ether oxygens (including phenoxy) is 1. The van der Waals surface area contributed by atoms with Crippen molar-refractivity contribution >= 4 is 11.6 Å². The number of benzene rings is 2. The molecule has 0 aliphatic rings. The second kappa shape index (κ2) is 5.65. The summed E-state index contributed by atoms with van der Waals surface area (Å²) in [5.74, 6) is 0.680. The zero-order chi connectivity index (χ0) is 13.0. The summed E-state index contributed by atoms with van der Waals surface area (Å²) >= 11 is 5.87. The molecule has 2 rings (SSSR count). The van der Waals surface area contributed by atoms with Crippen molar-refractivity contribution in [2.24, 2.45) is 5.18 Å². The molecular weight excluding hydrogens is 250 g/mol. The molecule has 2 aromatic rings. The summed E-state index contributed by atoms with van der Waals surface area (Å²) in [6.45, 7) is 0.102. The third kappa shape index (κ3) is 2.51. The van der Waals surface area contributed by atoms with Gasteiger partial charge in [0.25, 0.3) is 0 Å². The summed E-state index contributed by atoms with van der Waals surface area (Å²) < 4.78 is 5.38. The summed E-state index contributed by atoms with van der Waals surface area (Å²) in [5.41, 5.74) is 2.69. The van der Waals surface area contributed by atoms with Gasteiger partial charge in [0, 0.05) is 16.1 Å². The summed E-state index contributed by atoms with van der Waals surface area (Å²) in [4.78, 5) is 10.4. The van der Waals surface area contributed by atoms with E-state index in [1.54, 1.807) is 7.11 Å². The molecule has 2 aromatic carbocycles. The number of hydrogen-bond donors (Lipinski definition) is 0. The molecule has 0 atom stereocenters. The maximum absolute atomic E-state index is 10.4. The molecule has 0 saturated heterocycles. The second-order valence-corrected chi connectivity index (χ2v) is 4.23. The topological polar surface area (TPSA) is 38.7 Å². The molecule has 4 heteroatoms. The van der Waals surface area contributed by atoms with Crippen molar-refractivity contribution in [3.63, 3.8) is 0 Å². The maximum Gasteiger partial charge on any atom is 0.131 e. The lowest BCUT2D eigenvalue weighted by molar-refractivity contribution is 0.411. The Hall–Kier alpha value is -1.87. The Bertz CT molecular complexity index is 552. The van der Waals surface area contributed by atoms with Crippen LogP contribution in [0.1, 0.15) is 5.56 Å². The van der Waals surface area contributed by atoms with E-state index in [4.69, 9.17) is 16.3 Å². The zero-order valence-corrected chi connectivity index (χ0v) is 10.6. The molecule has 0 saturated carbocycles. The van der Waals surface area contributed by atoms with Gasteiger partial charge >= 0.3 is 0 Å². The molecule has 0 bridgehead atoms. The van der Waals surface area contributed by atoms with E-state index in [0.717, 1.165) is 16.7 Å². The molecule has 0 heterocycles. The molecule has 0 N–H and O–H groups in total. The van der Waals surface area contributed by atoms with E-state index in [-0.39, 0.29) is 6.54 Å². The van der Waals surface area contributed by atoms with Crippen molar-refractivity contribution in [1.29, 1.82) is 0 Å². The summed E-state index contributed by atoms with van der Waals surface area (Å²) in [7, 11) is 1.59. The molecule has 0 aliphatic carbocycles. The number of methoxy groups -OCH3 is 1. The lowest BCUT2D eigenvalue weighted by Gasteiger charge is -2.12. The number of hydrogen-bond acceptors (Lipinski definition) is 3. The molecule has 0 amide bonds. The molecule has 92 valence electrons. The van der Waals surface area contributed by atoms with Gasteiger partial charge in [-0.1, -0.05) is 47.1 Å².